The second-order valence-corrected chi connectivity index (χ2v) is 4.89. The number of aryl methyl sites for hydroxylation is 1. The van der Waals surface area contributed by atoms with Crippen molar-refractivity contribution in [3.63, 3.8) is 0 Å². The third-order valence-electron chi connectivity index (χ3n) is 2.47. The predicted octanol–water partition coefficient (Wildman–Crippen LogP) is 2.39. The van der Waals surface area contributed by atoms with Crippen LogP contribution in [0.3, 0.4) is 0 Å². The molecule has 2 rings (SSSR count). The highest BCUT2D eigenvalue weighted by molar-refractivity contribution is 7.14. The molecule has 19 heavy (non-hydrogen) atoms. The molecule has 6 heteroatoms. The molecule has 0 saturated carbocycles. The highest BCUT2D eigenvalue weighted by Gasteiger charge is 2.09. The first-order valence-electron chi connectivity index (χ1n) is 5.73. The first kappa shape index (κ1) is 13.4. The van der Waals surface area contributed by atoms with E-state index in [4.69, 9.17) is 0 Å². The molecule has 2 aromatic rings. The van der Waals surface area contributed by atoms with E-state index in [2.05, 4.69) is 15.0 Å². The molecule has 0 bridgehead atoms. The van der Waals surface area contributed by atoms with Gasteiger partial charge in [-0.2, -0.15) is 0 Å². The summed E-state index contributed by atoms with van der Waals surface area (Å²) in [6.45, 7) is 3.41. The standard InChI is InChI=1S/C13H14N4OS/c1-9-6-14-7-11(15-9)4-5-12-8-19-13(16-12)17(3)10(2)18/h4-8H,1-3H3. The van der Waals surface area contributed by atoms with Gasteiger partial charge in [0.05, 0.1) is 23.3 Å². The minimum absolute atomic E-state index is 0.0329. The van der Waals surface area contributed by atoms with Gasteiger partial charge >= 0.3 is 0 Å². The quantitative estimate of drug-likeness (QED) is 0.862. The second-order valence-electron chi connectivity index (χ2n) is 4.05. The highest BCUT2D eigenvalue weighted by Crippen LogP contribution is 2.20. The summed E-state index contributed by atoms with van der Waals surface area (Å²) >= 11 is 1.43. The number of carbonyl (C=O) groups is 1. The van der Waals surface area contributed by atoms with Crippen molar-refractivity contribution in [1.29, 1.82) is 0 Å². The van der Waals surface area contributed by atoms with Crippen LogP contribution in [0.5, 0.6) is 0 Å². The van der Waals surface area contributed by atoms with Crippen LogP contribution in [0.1, 0.15) is 24.0 Å². The van der Waals surface area contributed by atoms with Gasteiger partial charge in [0.25, 0.3) is 0 Å². The summed E-state index contributed by atoms with van der Waals surface area (Å²) in [5.74, 6) is -0.0329. The van der Waals surface area contributed by atoms with Crippen molar-refractivity contribution < 1.29 is 4.79 Å². The van der Waals surface area contributed by atoms with Crippen LogP contribution < -0.4 is 4.90 Å². The van der Waals surface area contributed by atoms with Crippen LogP contribution in [0, 0.1) is 6.92 Å². The minimum atomic E-state index is -0.0329. The Morgan fingerprint density at radius 2 is 2.00 bits per heavy atom. The van der Waals surface area contributed by atoms with Crippen LogP contribution in [0.4, 0.5) is 5.13 Å². The first-order chi connectivity index (χ1) is 9.06. The number of aromatic nitrogens is 3. The minimum Gasteiger partial charge on any atom is -0.291 e. The van der Waals surface area contributed by atoms with Crippen LogP contribution in [0.15, 0.2) is 17.8 Å². The summed E-state index contributed by atoms with van der Waals surface area (Å²) in [6, 6.07) is 0. The van der Waals surface area contributed by atoms with Crippen molar-refractivity contribution in [1.82, 2.24) is 15.0 Å². The Labute approximate surface area is 115 Å². The van der Waals surface area contributed by atoms with Crippen LogP contribution in [-0.4, -0.2) is 27.9 Å². The summed E-state index contributed by atoms with van der Waals surface area (Å²) in [7, 11) is 1.71. The zero-order valence-corrected chi connectivity index (χ0v) is 11.8. The normalized spacial score (nSPS) is 10.9. The van der Waals surface area contributed by atoms with Gasteiger partial charge in [0.15, 0.2) is 5.13 Å². The van der Waals surface area contributed by atoms with Gasteiger partial charge < -0.3 is 0 Å². The molecule has 0 saturated heterocycles. The zero-order valence-electron chi connectivity index (χ0n) is 11.0. The monoisotopic (exact) mass is 274 g/mol. The zero-order chi connectivity index (χ0) is 13.8. The van der Waals surface area contributed by atoms with Crippen molar-refractivity contribution in [2.24, 2.45) is 0 Å². The van der Waals surface area contributed by atoms with Gasteiger partial charge in [-0.1, -0.05) is 0 Å². The maximum absolute atomic E-state index is 11.2. The molecule has 0 aliphatic carbocycles. The second kappa shape index (κ2) is 5.71. The summed E-state index contributed by atoms with van der Waals surface area (Å²) in [6.07, 6.45) is 7.11. The summed E-state index contributed by atoms with van der Waals surface area (Å²) < 4.78 is 0. The lowest BCUT2D eigenvalue weighted by atomic mass is 10.3. The van der Waals surface area contributed by atoms with Gasteiger partial charge in [-0.25, -0.2) is 4.98 Å². The smallest absolute Gasteiger partial charge is 0.225 e. The maximum atomic E-state index is 11.2. The van der Waals surface area contributed by atoms with Crippen molar-refractivity contribution >= 4 is 34.5 Å². The van der Waals surface area contributed by atoms with Crippen molar-refractivity contribution in [2.45, 2.75) is 13.8 Å². The Morgan fingerprint density at radius 3 is 2.68 bits per heavy atom. The number of thiazole rings is 1. The van der Waals surface area contributed by atoms with E-state index in [0.717, 1.165) is 17.1 Å². The molecule has 5 nitrogen and oxygen atoms in total. The Hall–Kier alpha value is -2.08. The first-order valence-corrected chi connectivity index (χ1v) is 6.61. The average Bonchev–Trinajstić information content (AvgIpc) is 2.84. The summed E-state index contributed by atoms with van der Waals surface area (Å²) in [4.78, 5) is 25.5. The molecular formula is C13H14N4OS. The third-order valence-corrected chi connectivity index (χ3v) is 3.40. The van der Waals surface area contributed by atoms with E-state index in [1.807, 2.05) is 24.5 Å². The lowest BCUT2D eigenvalue weighted by Gasteiger charge is -2.09. The van der Waals surface area contributed by atoms with Crippen LogP contribution in [0.25, 0.3) is 12.2 Å². The van der Waals surface area contributed by atoms with Gasteiger partial charge in [-0.15, -0.1) is 11.3 Å². The third kappa shape index (κ3) is 3.45. The number of anilines is 1. The lowest BCUT2D eigenvalue weighted by molar-refractivity contribution is -0.116. The number of hydrogen-bond acceptors (Lipinski definition) is 5. The Kier molecular flexibility index (Phi) is 4.01. The molecule has 0 radical (unpaired) electrons. The predicted molar refractivity (Wildman–Crippen MR) is 76.9 cm³/mol. The molecule has 0 atom stereocenters. The van der Waals surface area contributed by atoms with E-state index in [1.54, 1.807) is 19.4 Å². The number of amides is 1. The van der Waals surface area contributed by atoms with Gasteiger partial charge in [0.1, 0.15) is 0 Å². The Balaban J connectivity index is 2.14. The molecule has 2 heterocycles. The lowest BCUT2D eigenvalue weighted by Crippen LogP contribution is -2.22. The van der Waals surface area contributed by atoms with Gasteiger partial charge in [-0.3, -0.25) is 19.7 Å². The van der Waals surface area contributed by atoms with E-state index in [-0.39, 0.29) is 5.91 Å². The van der Waals surface area contributed by atoms with Gasteiger partial charge in [0.2, 0.25) is 5.91 Å². The molecular weight excluding hydrogens is 260 g/mol. The molecule has 0 aliphatic rings. The molecule has 0 unspecified atom stereocenters. The van der Waals surface area contributed by atoms with Crippen molar-refractivity contribution in [3.05, 3.63) is 34.9 Å². The van der Waals surface area contributed by atoms with Gasteiger partial charge in [0, 0.05) is 25.5 Å². The molecule has 98 valence electrons. The van der Waals surface area contributed by atoms with E-state index >= 15 is 0 Å². The molecule has 2 aromatic heterocycles. The molecule has 0 aromatic carbocycles. The Morgan fingerprint density at radius 1 is 1.26 bits per heavy atom. The van der Waals surface area contributed by atoms with E-state index in [0.29, 0.717) is 5.13 Å². The number of rotatable bonds is 3. The van der Waals surface area contributed by atoms with Crippen LogP contribution >= 0.6 is 11.3 Å². The summed E-state index contributed by atoms with van der Waals surface area (Å²) in [5.41, 5.74) is 2.46. The molecule has 0 fully saturated rings. The summed E-state index contributed by atoms with van der Waals surface area (Å²) in [5, 5.41) is 2.58. The Bertz CT molecular complexity index is 621. The number of carbonyl (C=O) groups excluding carboxylic acids is 1. The largest absolute Gasteiger partial charge is 0.291 e. The molecule has 0 spiro atoms. The fourth-order valence-electron chi connectivity index (χ4n) is 1.38. The van der Waals surface area contributed by atoms with Gasteiger partial charge in [-0.05, 0) is 19.1 Å². The molecule has 0 aliphatic heterocycles. The van der Waals surface area contributed by atoms with E-state index < -0.39 is 0 Å². The van der Waals surface area contributed by atoms with Crippen LogP contribution in [-0.2, 0) is 4.79 Å². The SMILES string of the molecule is CC(=O)N(C)c1nc(C=Cc2cncc(C)n2)cs1. The maximum Gasteiger partial charge on any atom is 0.225 e. The fraction of sp³-hybridized carbons (Fsp3) is 0.231. The van der Waals surface area contributed by atoms with Crippen molar-refractivity contribution in [3.8, 4) is 0 Å². The molecule has 0 N–H and O–H groups in total. The number of nitrogens with zero attached hydrogens (tertiary/aromatic N) is 4. The van der Waals surface area contributed by atoms with Crippen molar-refractivity contribution in [2.75, 3.05) is 11.9 Å². The van der Waals surface area contributed by atoms with E-state index in [9.17, 15) is 4.79 Å². The van der Waals surface area contributed by atoms with Crippen LogP contribution in [0.2, 0.25) is 0 Å². The average molecular weight is 274 g/mol. The topological polar surface area (TPSA) is 59.0 Å². The highest BCUT2D eigenvalue weighted by atomic mass is 32.1. The number of hydrogen-bond donors (Lipinski definition) is 0. The van der Waals surface area contributed by atoms with E-state index in [1.165, 1.54) is 23.2 Å². The fourth-order valence-corrected chi connectivity index (χ4v) is 2.18. The molecule has 1 amide bonds.